The van der Waals surface area contributed by atoms with E-state index in [0.29, 0.717) is 11.3 Å². The number of nitriles is 1. The van der Waals surface area contributed by atoms with Crippen LogP contribution in [0, 0.1) is 11.3 Å². The van der Waals surface area contributed by atoms with Crippen LogP contribution in [0.3, 0.4) is 0 Å². The molecule has 1 atom stereocenters. The van der Waals surface area contributed by atoms with Crippen molar-refractivity contribution in [2.75, 3.05) is 20.2 Å². The lowest BCUT2D eigenvalue weighted by Gasteiger charge is -2.47. The predicted molar refractivity (Wildman–Crippen MR) is 96.2 cm³/mol. The number of piperazine rings is 1. The van der Waals surface area contributed by atoms with E-state index in [4.69, 9.17) is 10.00 Å². The first kappa shape index (κ1) is 20.0. The van der Waals surface area contributed by atoms with E-state index in [1.807, 2.05) is 6.07 Å². The summed E-state index contributed by atoms with van der Waals surface area (Å²) in [5.74, 6) is -0.575. The minimum Gasteiger partial charge on any atom is -0.497 e. The van der Waals surface area contributed by atoms with Gasteiger partial charge in [0, 0.05) is 25.1 Å². The van der Waals surface area contributed by atoms with Gasteiger partial charge in [0.05, 0.1) is 13.2 Å². The number of hydrogen-bond donors (Lipinski definition) is 1. The minimum absolute atomic E-state index is 0.00690. The Morgan fingerprint density at radius 2 is 2.04 bits per heavy atom. The van der Waals surface area contributed by atoms with Crippen molar-refractivity contribution in [1.29, 1.82) is 5.26 Å². The smallest absolute Gasteiger partial charge is 0.408 e. The summed E-state index contributed by atoms with van der Waals surface area (Å²) in [7, 11) is 1.50. The summed E-state index contributed by atoms with van der Waals surface area (Å²) in [5, 5.41) is 18.5. The Morgan fingerprint density at radius 3 is 2.56 bits per heavy atom. The van der Waals surface area contributed by atoms with Gasteiger partial charge in [-0.3, -0.25) is 19.4 Å². The standard InChI is InChI=1S/C19H21N3O5/c1-3-9-19(10-4-11-20)17(24)21(12-13-22(19)18(25)26)16(23)14-5-7-15(27-2)8-6-14/h3,5-8H,1,4,9-10,12-13H2,2H3,(H,25,26). The molecular weight excluding hydrogens is 350 g/mol. The van der Waals surface area contributed by atoms with Gasteiger partial charge < -0.3 is 9.84 Å². The van der Waals surface area contributed by atoms with Crippen molar-refractivity contribution < 1.29 is 24.2 Å². The van der Waals surface area contributed by atoms with Crippen LogP contribution >= 0.6 is 0 Å². The number of carbonyl (C=O) groups excluding carboxylic acids is 2. The van der Waals surface area contributed by atoms with Crippen molar-refractivity contribution in [1.82, 2.24) is 9.80 Å². The molecule has 8 nitrogen and oxygen atoms in total. The highest BCUT2D eigenvalue weighted by Gasteiger charge is 2.51. The molecule has 1 aromatic carbocycles. The third kappa shape index (κ3) is 3.77. The first-order valence-corrected chi connectivity index (χ1v) is 8.40. The van der Waals surface area contributed by atoms with Crippen LogP contribution in [-0.4, -0.2) is 58.6 Å². The maximum atomic E-state index is 13.2. The van der Waals surface area contributed by atoms with Crippen LogP contribution < -0.4 is 4.74 Å². The summed E-state index contributed by atoms with van der Waals surface area (Å²) in [6.45, 7) is 3.53. The molecule has 0 saturated carbocycles. The van der Waals surface area contributed by atoms with Gasteiger partial charge in [0.25, 0.3) is 11.8 Å². The van der Waals surface area contributed by atoms with Gasteiger partial charge in [-0.05, 0) is 37.1 Å². The fourth-order valence-electron chi connectivity index (χ4n) is 3.29. The predicted octanol–water partition coefficient (Wildman–Crippen LogP) is 2.28. The van der Waals surface area contributed by atoms with E-state index in [1.165, 1.54) is 13.2 Å². The average molecular weight is 371 g/mol. The molecule has 2 rings (SSSR count). The largest absolute Gasteiger partial charge is 0.497 e. The molecule has 8 heteroatoms. The molecule has 27 heavy (non-hydrogen) atoms. The van der Waals surface area contributed by atoms with Crippen LogP contribution in [0.25, 0.3) is 0 Å². The van der Waals surface area contributed by atoms with Gasteiger partial charge in [0.15, 0.2) is 0 Å². The zero-order valence-electron chi connectivity index (χ0n) is 15.1. The molecule has 1 fully saturated rings. The van der Waals surface area contributed by atoms with Gasteiger partial charge >= 0.3 is 6.09 Å². The topological polar surface area (TPSA) is 111 Å². The van der Waals surface area contributed by atoms with Gasteiger partial charge in [-0.1, -0.05) is 6.08 Å². The van der Waals surface area contributed by atoms with E-state index in [2.05, 4.69) is 6.58 Å². The number of hydrogen-bond acceptors (Lipinski definition) is 5. The monoisotopic (exact) mass is 371 g/mol. The van der Waals surface area contributed by atoms with Gasteiger partial charge in [-0.15, -0.1) is 6.58 Å². The van der Waals surface area contributed by atoms with Crippen LogP contribution in [0.1, 0.15) is 29.6 Å². The number of imide groups is 1. The SMILES string of the molecule is C=CCC1(CCC#N)C(=O)N(C(=O)c2ccc(OC)cc2)CCN1C(=O)O. The molecule has 0 spiro atoms. The van der Waals surface area contributed by atoms with Crippen LogP contribution in [0.15, 0.2) is 36.9 Å². The molecule has 1 aliphatic heterocycles. The second-order valence-electron chi connectivity index (χ2n) is 6.11. The highest BCUT2D eigenvalue weighted by Crippen LogP contribution is 2.33. The van der Waals surface area contributed by atoms with Gasteiger partial charge in [-0.25, -0.2) is 4.79 Å². The number of methoxy groups -OCH3 is 1. The molecule has 1 aliphatic rings. The quantitative estimate of drug-likeness (QED) is 0.607. The van der Waals surface area contributed by atoms with E-state index in [1.54, 1.807) is 24.3 Å². The van der Waals surface area contributed by atoms with E-state index in [9.17, 15) is 19.5 Å². The summed E-state index contributed by atoms with van der Waals surface area (Å²) < 4.78 is 5.06. The lowest BCUT2D eigenvalue weighted by Crippen LogP contribution is -2.67. The highest BCUT2D eigenvalue weighted by atomic mass is 16.5. The number of carboxylic acid groups (broad SMARTS) is 1. The van der Waals surface area contributed by atoms with E-state index in [-0.39, 0.29) is 32.4 Å². The number of ether oxygens (including phenoxy) is 1. The Balaban J connectivity index is 2.40. The molecule has 1 N–H and O–H groups in total. The van der Waals surface area contributed by atoms with E-state index < -0.39 is 23.4 Å². The molecule has 1 saturated heterocycles. The van der Waals surface area contributed by atoms with Gasteiger partial charge in [-0.2, -0.15) is 5.26 Å². The zero-order chi connectivity index (χ0) is 20.0. The zero-order valence-corrected chi connectivity index (χ0v) is 15.1. The number of carbonyl (C=O) groups is 3. The normalized spacial score (nSPS) is 19.3. The molecular formula is C19H21N3O5. The first-order chi connectivity index (χ1) is 12.9. The molecule has 0 aliphatic carbocycles. The number of amides is 3. The Bertz CT molecular complexity index is 784. The van der Waals surface area contributed by atoms with E-state index in [0.717, 1.165) is 9.80 Å². The number of benzene rings is 1. The third-order valence-corrected chi connectivity index (χ3v) is 4.65. The molecule has 0 bridgehead atoms. The fourth-order valence-corrected chi connectivity index (χ4v) is 3.29. The maximum absolute atomic E-state index is 13.2. The Hall–Kier alpha value is -3.34. The molecule has 0 radical (unpaired) electrons. The van der Waals surface area contributed by atoms with Crippen molar-refractivity contribution in [3.05, 3.63) is 42.5 Å². The van der Waals surface area contributed by atoms with Crippen LogP contribution in [0.5, 0.6) is 5.75 Å². The number of nitrogens with zero attached hydrogens (tertiary/aromatic N) is 3. The molecule has 142 valence electrons. The van der Waals surface area contributed by atoms with E-state index >= 15 is 0 Å². The summed E-state index contributed by atoms with van der Waals surface area (Å²) in [4.78, 5) is 39.9. The third-order valence-electron chi connectivity index (χ3n) is 4.65. The Kier molecular flexibility index (Phi) is 6.19. The lowest BCUT2D eigenvalue weighted by molar-refractivity contribution is -0.146. The van der Waals surface area contributed by atoms with Gasteiger partial charge in [0.2, 0.25) is 0 Å². The van der Waals surface area contributed by atoms with Crippen molar-refractivity contribution in [3.63, 3.8) is 0 Å². The van der Waals surface area contributed by atoms with Gasteiger partial charge in [0.1, 0.15) is 11.3 Å². The second kappa shape index (κ2) is 8.36. The Labute approximate surface area is 157 Å². The second-order valence-corrected chi connectivity index (χ2v) is 6.11. The van der Waals surface area contributed by atoms with Crippen molar-refractivity contribution >= 4 is 17.9 Å². The van der Waals surface area contributed by atoms with Crippen molar-refractivity contribution in [2.24, 2.45) is 0 Å². The summed E-state index contributed by atoms with van der Waals surface area (Å²) >= 11 is 0. The van der Waals surface area contributed by atoms with Crippen LogP contribution in [0.4, 0.5) is 4.79 Å². The molecule has 1 unspecified atom stereocenters. The summed E-state index contributed by atoms with van der Waals surface area (Å²) in [6, 6.07) is 8.25. The van der Waals surface area contributed by atoms with Crippen LogP contribution in [-0.2, 0) is 4.79 Å². The maximum Gasteiger partial charge on any atom is 0.408 e. The van der Waals surface area contributed by atoms with Crippen molar-refractivity contribution in [3.8, 4) is 11.8 Å². The van der Waals surface area contributed by atoms with Crippen molar-refractivity contribution in [2.45, 2.75) is 24.8 Å². The summed E-state index contributed by atoms with van der Waals surface area (Å²) in [5.41, 5.74) is -1.22. The first-order valence-electron chi connectivity index (χ1n) is 8.40. The number of rotatable bonds is 6. The van der Waals surface area contributed by atoms with Crippen LogP contribution in [0.2, 0.25) is 0 Å². The lowest BCUT2D eigenvalue weighted by atomic mass is 9.84. The Morgan fingerprint density at radius 1 is 1.37 bits per heavy atom. The minimum atomic E-state index is -1.51. The molecule has 3 amide bonds. The fraction of sp³-hybridized carbons (Fsp3) is 0.368. The highest BCUT2D eigenvalue weighted by molar-refractivity contribution is 6.08. The summed E-state index contributed by atoms with van der Waals surface area (Å²) in [6.07, 6.45) is 0.166. The molecule has 0 aromatic heterocycles. The molecule has 1 aromatic rings. The molecule has 1 heterocycles. The average Bonchev–Trinajstić information content (AvgIpc) is 2.67.